The summed E-state index contributed by atoms with van der Waals surface area (Å²) in [6.45, 7) is 4.06. The molecule has 1 aliphatic rings. The van der Waals surface area contributed by atoms with Crippen molar-refractivity contribution in [2.75, 3.05) is 30.8 Å². The van der Waals surface area contributed by atoms with Gasteiger partial charge in [0.05, 0.1) is 4.90 Å². The minimum atomic E-state index is -4.08. The molecule has 0 atom stereocenters. The zero-order valence-electron chi connectivity index (χ0n) is 17.6. The predicted octanol–water partition coefficient (Wildman–Crippen LogP) is 2.85. The average Bonchev–Trinajstić information content (AvgIpc) is 2.72. The number of benzene rings is 2. The number of anilines is 1. The summed E-state index contributed by atoms with van der Waals surface area (Å²) in [5, 5.41) is 0. The molecule has 0 aromatic heterocycles. The standard InChI is InChI=1S/C21H25FN2O5S2/c1-4-23(5-2)31(28,29)20-14-16(8-10-18(20)22)21(25)24-12-6-7-15-13-17(30(3,26)27)9-11-19(15)24/h8-11,13-14H,4-7,12H2,1-3H3. The number of sulfonamides is 1. The summed E-state index contributed by atoms with van der Waals surface area (Å²) in [6, 6.07) is 7.91. The molecule has 0 fully saturated rings. The summed E-state index contributed by atoms with van der Waals surface area (Å²) < 4.78 is 64.8. The van der Waals surface area contributed by atoms with Gasteiger partial charge < -0.3 is 4.90 Å². The molecule has 2 aromatic rings. The van der Waals surface area contributed by atoms with Crippen molar-refractivity contribution < 1.29 is 26.0 Å². The lowest BCUT2D eigenvalue weighted by atomic mass is 10.0. The van der Waals surface area contributed by atoms with Crippen molar-refractivity contribution in [2.24, 2.45) is 0 Å². The van der Waals surface area contributed by atoms with Gasteiger partial charge in [-0.15, -0.1) is 0 Å². The number of amides is 1. The summed E-state index contributed by atoms with van der Waals surface area (Å²) in [4.78, 5) is 14.3. The second kappa shape index (κ2) is 8.68. The first-order valence-corrected chi connectivity index (χ1v) is 13.3. The fourth-order valence-electron chi connectivity index (χ4n) is 3.71. The molecule has 0 radical (unpaired) electrons. The van der Waals surface area contributed by atoms with E-state index in [1.54, 1.807) is 26.0 Å². The quantitative estimate of drug-likeness (QED) is 0.650. The van der Waals surface area contributed by atoms with E-state index in [2.05, 4.69) is 0 Å². The largest absolute Gasteiger partial charge is 0.308 e. The zero-order chi connectivity index (χ0) is 23.0. The Labute approximate surface area is 182 Å². The lowest BCUT2D eigenvalue weighted by Crippen LogP contribution is -2.36. The van der Waals surface area contributed by atoms with Gasteiger partial charge in [0, 0.05) is 37.1 Å². The summed E-state index contributed by atoms with van der Waals surface area (Å²) in [6.07, 6.45) is 2.36. The van der Waals surface area contributed by atoms with Gasteiger partial charge in [-0.2, -0.15) is 4.31 Å². The number of aryl methyl sites for hydroxylation is 1. The molecular formula is C21H25FN2O5S2. The van der Waals surface area contributed by atoms with Gasteiger partial charge >= 0.3 is 0 Å². The van der Waals surface area contributed by atoms with Crippen molar-refractivity contribution in [2.45, 2.75) is 36.5 Å². The molecule has 0 unspecified atom stereocenters. The van der Waals surface area contributed by atoms with Crippen LogP contribution in [0.2, 0.25) is 0 Å². The van der Waals surface area contributed by atoms with Gasteiger partial charge in [0.25, 0.3) is 5.91 Å². The Morgan fingerprint density at radius 1 is 1.06 bits per heavy atom. The number of hydrogen-bond acceptors (Lipinski definition) is 5. The van der Waals surface area contributed by atoms with Gasteiger partial charge in [-0.3, -0.25) is 4.79 Å². The van der Waals surface area contributed by atoms with Gasteiger partial charge in [-0.05, 0) is 54.8 Å². The smallest absolute Gasteiger partial charge is 0.258 e. The molecule has 168 valence electrons. The maximum absolute atomic E-state index is 14.4. The Kier molecular flexibility index (Phi) is 6.54. The van der Waals surface area contributed by atoms with Crippen molar-refractivity contribution >= 4 is 31.5 Å². The lowest BCUT2D eigenvalue weighted by Gasteiger charge is -2.30. The van der Waals surface area contributed by atoms with Crippen molar-refractivity contribution in [3.8, 4) is 0 Å². The van der Waals surface area contributed by atoms with Crippen molar-refractivity contribution in [1.29, 1.82) is 0 Å². The minimum Gasteiger partial charge on any atom is -0.308 e. The molecule has 0 aliphatic carbocycles. The topological polar surface area (TPSA) is 91.8 Å². The van der Waals surface area contributed by atoms with E-state index in [9.17, 15) is 26.0 Å². The van der Waals surface area contributed by atoms with Crippen LogP contribution in [0.4, 0.5) is 10.1 Å². The molecule has 2 aromatic carbocycles. The first-order chi connectivity index (χ1) is 14.5. The zero-order valence-corrected chi connectivity index (χ0v) is 19.3. The van der Waals surface area contributed by atoms with Crippen LogP contribution in [0.5, 0.6) is 0 Å². The van der Waals surface area contributed by atoms with E-state index in [-0.39, 0.29) is 23.5 Å². The monoisotopic (exact) mass is 468 g/mol. The molecule has 0 spiro atoms. The van der Waals surface area contributed by atoms with Crippen LogP contribution in [0.1, 0.15) is 36.2 Å². The Morgan fingerprint density at radius 3 is 2.35 bits per heavy atom. The van der Waals surface area contributed by atoms with Crippen LogP contribution in [0.3, 0.4) is 0 Å². The second-order valence-electron chi connectivity index (χ2n) is 7.36. The number of carbonyl (C=O) groups is 1. The highest BCUT2D eigenvalue weighted by atomic mass is 32.2. The number of hydrogen-bond donors (Lipinski definition) is 0. The third-order valence-corrected chi connectivity index (χ3v) is 8.52. The second-order valence-corrected chi connectivity index (χ2v) is 11.3. The number of nitrogens with zero attached hydrogens (tertiary/aromatic N) is 2. The van der Waals surface area contributed by atoms with E-state index in [1.807, 2.05) is 0 Å². The number of halogens is 1. The van der Waals surface area contributed by atoms with E-state index < -0.39 is 36.5 Å². The van der Waals surface area contributed by atoms with Gasteiger partial charge in [-0.25, -0.2) is 21.2 Å². The first-order valence-electron chi connectivity index (χ1n) is 9.95. The fraction of sp³-hybridized carbons (Fsp3) is 0.381. The van der Waals surface area contributed by atoms with Crippen LogP contribution < -0.4 is 4.90 Å². The van der Waals surface area contributed by atoms with E-state index in [0.29, 0.717) is 25.1 Å². The van der Waals surface area contributed by atoms with E-state index in [0.717, 1.165) is 28.3 Å². The van der Waals surface area contributed by atoms with Crippen molar-refractivity contribution in [3.05, 3.63) is 53.3 Å². The maximum Gasteiger partial charge on any atom is 0.258 e. The third-order valence-electron chi connectivity index (χ3n) is 5.34. The number of sulfone groups is 1. The van der Waals surface area contributed by atoms with Crippen LogP contribution in [0.15, 0.2) is 46.2 Å². The molecular weight excluding hydrogens is 443 g/mol. The molecule has 31 heavy (non-hydrogen) atoms. The summed E-state index contributed by atoms with van der Waals surface area (Å²) in [5.74, 6) is -1.38. The highest BCUT2D eigenvalue weighted by molar-refractivity contribution is 7.90. The molecule has 1 heterocycles. The number of rotatable bonds is 6. The Balaban J connectivity index is 2.02. The number of fused-ring (bicyclic) bond motifs is 1. The third kappa shape index (κ3) is 4.51. The van der Waals surface area contributed by atoms with Crippen LogP contribution in [0.25, 0.3) is 0 Å². The average molecular weight is 469 g/mol. The Morgan fingerprint density at radius 2 is 1.74 bits per heavy atom. The molecule has 0 N–H and O–H groups in total. The summed E-state index contributed by atoms with van der Waals surface area (Å²) >= 11 is 0. The van der Waals surface area contributed by atoms with Crippen LogP contribution >= 0.6 is 0 Å². The molecule has 0 bridgehead atoms. The van der Waals surface area contributed by atoms with Crippen LogP contribution in [-0.2, 0) is 26.3 Å². The van der Waals surface area contributed by atoms with Crippen LogP contribution in [0, 0.1) is 5.82 Å². The predicted molar refractivity (Wildman–Crippen MR) is 116 cm³/mol. The highest BCUT2D eigenvalue weighted by Gasteiger charge is 2.29. The highest BCUT2D eigenvalue weighted by Crippen LogP contribution is 2.31. The fourth-order valence-corrected chi connectivity index (χ4v) is 5.93. The summed E-state index contributed by atoms with van der Waals surface area (Å²) in [7, 11) is -7.46. The molecule has 3 rings (SSSR count). The minimum absolute atomic E-state index is 0.0483. The van der Waals surface area contributed by atoms with Gasteiger partial charge in [0.2, 0.25) is 10.0 Å². The SMILES string of the molecule is CCN(CC)S(=O)(=O)c1cc(C(=O)N2CCCc3cc(S(C)(=O)=O)ccc32)ccc1F. The molecule has 0 saturated carbocycles. The van der Waals surface area contributed by atoms with Crippen molar-refractivity contribution in [1.82, 2.24) is 4.31 Å². The first kappa shape index (κ1) is 23.4. The molecule has 10 heteroatoms. The maximum atomic E-state index is 14.4. The molecule has 7 nitrogen and oxygen atoms in total. The van der Waals surface area contributed by atoms with Gasteiger partial charge in [-0.1, -0.05) is 13.8 Å². The van der Waals surface area contributed by atoms with Crippen LogP contribution in [-0.4, -0.2) is 52.9 Å². The Hall–Kier alpha value is -2.30. The van der Waals surface area contributed by atoms with Gasteiger partial charge in [0.15, 0.2) is 9.84 Å². The van der Waals surface area contributed by atoms with E-state index in [4.69, 9.17) is 0 Å². The molecule has 0 saturated heterocycles. The Bertz CT molecular complexity index is 1220. The van der Waals surface area contributed by atoms with Gasteiger partial charge in [0.1, 0.15) is 10.7 Å². The normalized spacial score (nSPS) is 14.5. The van der Waals surface area contributed by atoms with E-state index >= 15 is 0 Å². The van der Waals surface area contributed by atoms with E-state index in [1.165, 1.54) is 17.0 Å². The molecule has 1 aliphatic heterocycles. The number of carbonyl (C=O) groups excluding carboxylic acids is 1. The van der Waals surface area contributed by atoms with Crippen molar-refractivity contribution in [3.63, 3.8) is 0 Å². The summed E-state index contributed by atoms with van der Waals surface area (Å²) in [5.41, 5.74) is 1.34. The molecule has 1 amide bonds. The lowest BCUT2D eigenvalue weighted by molar-refractivity contribution is 0.0985.